The molecule has 2 aromatic rings. The van der Waals surface area contributed by atoms with Crippen molar-refractivity contribution in [2.75, 3.05) is 25.0 Å². The minimum Gasteiger partial charge on any atom is -0.370 e. The maximum absolute atomic E-state index is 12.6. The first-order valence-electron chi connectivity index (χ1n) is 9.65. The molecule has 0 spiro atoms. The smallest absolute Gasteiger partial charge is 0.254 e. The zero-order valence-electron chi connectivity index (χ0n) is 15.8. The molecule has 3 rings (SSSR count). The lowest BCUT2D eigenvalue weighted by atomic mass is 10.1. The molecule has 2 aromatic heterocycles. The summed E-state index contributed by atoms with van der Waals surface area (Å²) < 4.78 is 2.20. The van der Waals surface area contributed by atoms with E-state index in [0.29, 0.717) is 5.92 Å². The molecule has 0 unspecified atom stereocenters. The summed E-state index contributed by atoms with van der Waals surface area (Å²) in [5.74, 6) is 2.44. The van der Waals surface area contributed by atoms with Crippen LogP contribution in [0.25, 0.3) is 0 Å². The average molecular weight is 355 g/mol. The fraction of sp³-hybridized carbons (Fsp3) is 0.550. The van der Waals surface area contributed by atoms with Crippen molar-refractivity contribution in [2.24, 2.45) is 0 Å². The summed E-state index contributed by atoms with van der Waals surface area (Å²) in [4.78, 5) is 23.3. The Morgan fingerprint density at radius 1 is 1.19 bits per heavy atom. The predicted molar refractivity (Wildman–Crippen MR) is 103 cm³/mol. The van der Waals surface area contributed by atoms with Crippen LogP contribution in [-0.2, 0) is 6.54 Å². The number of hydrogen-bond acceptors (Lipinski definition) is 4. The molecule has 0 aliphatic carbocycles. The van der Waals surface area contributed by atoms with Crippen molar-refractivity contribution in [1.29, 1.82) is 0 Å². The number of nitrogens with one attached hydrogen (secondary N) is 1. The second kappa shape index (κ2) is 8.83. The highest BCUT2D eigenvalue weighted by atomic mass is 16.2. The van der Waals surface area contributed by atoms with Crippen LogP contribution >= 0.6 is 0 Å². The highest BCUT2D eigenvalue weighted by Crippen LogP contribution is 2.15. The van der Waals surface area contributed by atoms with Gasteiger partial charge in [0.25, 0.3) is 5.91 Å². The van der Waals surface area contributed by atoms with Gasteiger partial charge in [-0.05, 0) is 37.8 Å². The lowest BCUT2D eigenvalue weighted by molar-refractivity contribution is 0.0724. The molecule has 3 heterocycles. The van der Waals surface area contributed by atoms with E-state index < -0.39 is 0 Å². The second-order valence-corrected chi connectivity index (χ2v) is 7.20. The number of carbonyl (C=O) groups is 1. The molecule has 0 atom stereocenters. The zero-order valence-corrected chi connectivity index (χ0v) is 15.8. The van der Waals surface area contributed by atoms with Crippen molar-refractivity contribution in [2.45, 2.75) is 52.0 Å². The molecule has 1 amide bonds. The number of aryl methyl sites for hydroxylation is 1. The molecule has 6 heteroatoms. The molecule has 1 N–H and O–H groups in total. The Hall–Kier alpha value is -2.37. The molecule has 140 valence electrons. The molecule has 26 heavy (non-hydrogen) atoms. The van der Waals surface area contributed by atoms with Gasteiger partial charge in [0, 0.05) is 56.3 Å². The number of pyridine rings is 1. The van der Waals surface area contributed by atoms with Gasteiger partial charge in [0.05, 0.1) is 0 Å². The first-order chi connectivity index (χ1) is 12.6. The third kappa shape index (κ3) is 4.62. The van der Waals surface area contributed by atoms with Crippen LogP contribution in [-0.4, -0.2) is 45.0 Å². The minimum atomic E-state index is 0.121. The largest absolute Gasteiger partial charge is 0.370 e. The third-order valence-electron chi connectivity index (χ3n) is 4.80. The summed E-state index contributed by atoms with van der Waals surface area (Å²) in [6.45, 7) is 7.79. The van der Waals surface area contributed by atoms with Crippen LogP contribution in [0.4, 0.5) is 5.82 Å². The van der Waals surface area contributed by atoms with Crippen LogP contribution < -0.4 is 5.32 Å². The van der Waals surface area contributed by atoms with Gasteiger partial charge in [-0.2, -0.15) is 0 Å². The van der Waals surface area contributed by atoms with Gasteiger partial charge in [0.2, 0.25) is 0 Å². The predicted octanol–water partition coefficient (Wildman–Crippen LogP) is 3.53. The molecule has 1 aliphatic heterocycles. The Labute approximate surface area is 155 Å². The molecule has 1 aliphatic rings. The highest BCUT2D eigenvalue weighted by molar-refractivity contribution is 5.94. The topological polar surface area (TPSA) is 63.1 Å². The van der Waals surface area contributed by atoms with Gasteiger partial charge in [-0.1, -0.05) is 13.8 Å². The van der Waals surface area contributed by atoms with E-state index in [9.17, 15) is 4.79 Å². The standard InChI is InChI=1S/C20H29N5O/c1-16(2)19-23-10-14-24(19)13-6-8-21-18-15-17(7-9-22-18)20(26)25-11-4-3-5-12-25/h7,9-10,14-16H,3-6,8,11-13H2,1-2H3,(H,21,22). The van der Waals surface area contributed by atoms with Gasteiger partial charge in [-0.3, -0.25) is 4.79 Å². The van der Waals surface area contributed by atoms with Crippen molar-refractivity contribution in [3.63, 3.8) is 0 Å². The summed E-state index contributed by atoms with van der Waals surface area (Å²) in [6, 6.07) is 3.68. The zero-order chi connectivity index (χ0) is 18.4. The lowest BCUT2D eigenvalue weighted by Crippen LogP contribution is -2.35. The molecular formula is C20H29N5O. The number of amides is 1. The van der Waals surface area contributed by atoms with Gasteiger partial charge in [-0.25, -0.2) is 9.97 Å². The van der Waals surface area contributed by atoms with Gasteiger partial charge in [0.1, 0.15) is 11.6 Å². The maximum Gasteiger partial charge on any atom is 0.254 e. The van der Waals surface area contributed by atoms with E-state index in [1.807, 2.05) is 29.4 Å². The maximum atomic E-state index is 12.6. The van der Waals surface area contributed by atoms with Crippen LogP contribution in [0.1, 0.15) is 61.6 Å². The van der Waals surface area contributed by atoms with Crippen LogP contribution in [0.2, 0.25) is 0 Å². The molecule has 0 aromatic carbocycles. The molecule has 1 fully saturated rings. The highest BCUT2D eigenvalue weighted by Gasteiger charge is 2.18. The van der Waals surface area contributed by atoms with Crippen molar-refractivity contribution < 1.29 is 4.79 Å². The Morgan fingerprint density at radius 3 is 2.77 bits per heavy atom. The number of imidazole rings is 1. The summed E-state index contributed by atoms with van der Waals surface area (Å²) in [6.07, 6.45) is 10.0. The van der Waals surface area contributed by atoms with Gasteiger partial charge in [0.15, 0.2) is 0 Å². The fourth-order valence-electron chi connectivity index (χ4n) is 3.42. The van der Waals surface area contributed by atoms with E-state index in [1.165, 1.54) is 6.42 Å². The first-order valence-corrected chi connectivity index (χ1v) is 9.65. The fourth-order valence-corrected chi connectivity index (χ4v) is 3.42. The average Bonchev–Trinajstić information content (AvgIpc) is 3.14. The quantitative estimate of drug-likeness (QED) is 0.772. The Balaban J connectivity index is 1.51. The number of aromatic nitrogens is 3. The van der Waals surface area contributed by atoms with Gasteiger partial charge < -0.3 is 14.8 Å². The minimum absolute atomic E-state index is 0.121. The van der Waals surface area contributed by atoms with Crippen LogP contribution in [0.5, 0.6) is 0 Å². The number of rotatable bonds is 7. The molecule has 1 saturated heterocycles. The van der Waals surface area contributed by atoms with E-state index >= 15 is 0 Å². The number of hydrogen-bond donors (Lipinski definition) is 1. The van der Waals surface area contributed by atoms with E-state index in [4.69, 9.17) is 0 Å². The number of piperidine rings is 1. The van der Waals surface area contributed by atoms with Crippen LogP contribution in [0.15, 0.2) is 30.7 Å². The first kappa shape index (κ1) is 18.4. The SMILES string of the molecule is CC(C)c1nccn1CCCNc1cc(C(=O)N2CCCCC2)ccn1. The molecule has 0 saturated carbocycles. The van der Waals surface area contributed by atoms with E-state index in [0.717, 1.165) is 62.6 Å². The molecule has 0 bridgehead atoms. The van der Waals surface area contributed by atoms with Crippen molar-refractivity contribution in [1.82, 2.24) is 19.4 Å². The Bertz CT molecular complexity index is 718. The second-order valence-electron chi connectivity index (χ2n) is 7.20. The normalized spacial score (nSPS) is 14.7. The van der Waals surface area contributed by atoms with Crippen molar-refractivity contribution >= 4 is 11.7 Å². The summed E-state index contributed by atoms with van der Waals surface area (Å²) in [5.41, 5.74) is 0.723. The van der Waals surface area contributed by atoms with Gasteiger partial charge >= 0.3 is 0 Å². The Morgan fingerprint density at radius 2 is 2.00 bits per heavy atom. The lowest BCUT2D eigenvalue weighted by Gasteiger charge is -2.26. The molecule has 6 nitrogen and oxygen atoms in total. The number of nitrogens with zero attached hydrogens (tertiary/aromatic N) is 4. The van der Waals surface area contributed by atoms with E-state index in [-0.39, 0.29) is 5.91 Å². The van der Waals surface area contributed by atoms with Crippen LogP contribution in [0.3, 0.4) is 0 Å². The number of anilines is 1. The van der Waals surface area contributed by atoms with Crippen molar-refractivity contribution in [3.05, 3.63) is 42.1 Å². The summed E-state index contributed by atoms with van der Waals surface area (Å²) >= 11 is 0. The Kier molecular flexibility index (Phi) is 6.26. The summed E-state index contributed by atoms with van der Waals surface area (Å²) in [5, 5.41) is 3.34. The summed E-state index contributed by atoms with van der Waals surface area (Å²) in [7, 11) is 0. The third-order valence-corrected chi connectivity index (χ3v) is 4.80. The monoisotopic (exact) mass is 355 g/mol. The van der Waals surface area contributed by atoms with E-state index in [1.54, 1.807) is 6.20 Å². The molecule has 0 radical (unpaired) electrons. The molecular weight excluding hydrogens is 326 g/mol. The number of carbonyl (C=O) groups excluding carboxylic acids is 1. The number of likely N-dealkylation sites (tertiary alicyclic amines) is 1. The van der Waals surface area contributed by atoms with E-state index in [2.05, 4.69) is 33.7 Å². The van der Waals surface area contributed by atoms with Crippen molar-refractivity contribution in [3.8, 4) is 0 Å². The van der Waals surface area contributed by atoms with Gasteiger partial charge in [-0.15, -0.1) is 0 Å². The van der Waals surface area contributed by atoms with Crippen LogP contribution in [0, 0.1) is 0 Å².